The van der Waals surface area contributed by atoms with E-state index in [0.717, 1.165) is 18.3 Å². The standard InChI is InChI=1S/C13H25N2Si/c1-7-13(15(9-16)11(4)5)8-12(6)14-10(2)3/h8,10-11H,7,9H2,1-6H3/b13-8-,14-12?. The maximum atomic E-state index is 4.54. The van der Waals surface area contributed by atoms with Gasteiger partial charge in [-0.3, -0.25) is 4.99 Å². The Morgan fingerprint density at radius 1 is 1.31 bits per heavy atom. The smallest absolute Gasteiger partial charge is 0.0513 e. The first-order chi connectivity index (χ1) is 7.42. The highest BCUT2D eigenvalue weighted by Crippen LogP contribution is 2.12. The Morgan fingerprint density at radius 2 is 1.88 bits per heavy atom. The minimum atomic E-state index is 0.366. The molecule has 0 spiro atoms. The summed E-state index contributed by atoms with van der Waals surface area (Å²) in [6.07, 6.45) is 4.10. The predicted octanol–water partition coefficient (Wildman–Crippen LogP) is 2.99. The Labute approximate surface area is 104 Å². The van der Waals surface area contributed by atoms with Crippen molar-refractivity contribution in [2.24, 2.45) is 4.99 Å². The lowest BCUT2D eigenvalue weighted by Crippen LogP contribution is -2.31. The zero-order valence-electron chi connectivity index (χ0n) is 11.5. The van der Waals surface area contributed by atoms with E-state index in [1.165, 1.54) is 5.70 Å². The van der Waals surface area contributed by atoms with Crippen LogP contribution in [-0.2, 0) is 0 Å². The average Bonchev–Trinajstić information content (AvgIpc) is 2.15. The van der Waals surface area contributed by atoms with Gasteiger partial charge in [0.1, 0.15) is 0 Å². The summed E-state index contributed by atoms with van der Waals surface area (Å²) in [6.45, 7) is 12.9. The van der Waals surface area contributed by atoms with Gasteiger partial charge in [-0.25, -0.2) is 0 Å². The van der Waals surface area contributed by atoms with Gasteiger partial charge in [-0.2, -0.15) is 0 Å². The zero-order chi connectivity index (χ0) is 12.7. The van der Waals surface area contributed by atoms with E-state index in [2.05, 4.69) is 67.8 Å². The molecule has 0 aromatic heterocycles. The number of hydrogen-bond acceptors (Lipinski definition) is 2. The molecule has 2 nitrogen and oxygen atoms in total. The molecule has 0 aliphatic carbocycles. The fourth-order valence-electron chi connectivity index (χ4n) is 1.69. The van der Waals surface area contributed by atoms with E-state index in [0.29, 0.717) is 12.1 Å². The molecule has 0 saturated heterocycles. The fraction of sp³-hybridized carbons (Fsp3) is 0.769. The Hall–Kier alpha value is -0.573. The summed E-state index contributed by atoms with van der Waals surface area (Å²) in [4.78, 5) is 6.88. The van der Waals surface area contributed by atoms with E-state index >= 15 is 0 Å². The largest absolute Gasteiger partial charge is 0.376 e. The van der Waals surface area contributed by atoms with Crippen molar-refractivity contribution in [3.63, 3.8) is 0 Å². The molecule has 0 bridgehead atoms. The van der Waals surface area contributed by atoms with Gasteiger partial charge in [0.2, 0.25) is 0 Å². The van der Waals surface area contributed by atoms with Crippen molar-refractivity contribution in [3.8, 4) is 0 Å². The summed E-state index contributed by atoms with van der Waals surface area (Å²) < 4.78 is 0. The molecule has 0 heterocycles. The van der Waals surface area contributed by atoms with Gasteiger partial charge in [0.15, 0.2) is 0 Å². The molecule has 0 N–H and O–H groups in total. The van der Waals surface area contributed by atoms with E-state index in [9.17, 15) is 0 Å². The van der Waals surface area contributed by atoms with Crippen LogP contribution in [0.15, 0.2) is 16.8 Å². The number of aliphatic imine (C=N–C) groups is 1. The maximum Gasteiger partial charge on any atom is 0.0513 e. The molecular weight excluding hydrogens is 212 g/mol. The van der Waals surface area contributed by atoms with Crippen LogP contribution in [0.1, 0.15) is 48.0 Å². The Bertz CT molecular complexity index is 255. The second kappa shape index (κ2) is 7.66. The van der Waals surface area contributed by atoms with Gasteiger partial charge in [0, 0.05) is 29.7 Å². The number of nitrogens with zero attached hydrogens (tertiary/aromatic N) is 2. The van der Waals surface area contributed by atoms with E-state index in [1.54, 1.807) is 0 Å². The lowest BCUT2D eigenvalue weighted by molar-refractivity contribution is 0.319. The molecular formula is C13H25N2Si. The number of allylic oxidation sites excluding steroid dienone is 2. The lowest BCUT2D eigenvalue weighted by Gasteiger charge is -2.29. The van der Waals surface area contributed by atoms with Gasteiger partial charge >= 0.3 is 0 Å². The molecule has 0 atom stereocenters. The molecule has 3 heteroatoms. The first kappa shape index (κ1) is 15.4. The van der Waals surface area contributed by atoms with E-state index in [4.69, 9.17) is 0 Å². The summed E-state index contributed by atoms with van der Waals surface area (Å²) in [7, 11) is 3.59. The minimum Gasteiger partial charge on any atom is -0.376 e. The molecule has 0 aromatic rings. The van der Waals surface area contributed by atoms with Crippen molar-refractivity contribution >= 4 is 16.0 Å². The molecule has 0 aliphatic rings. The Kier molecular flexibility index (Phi) is 7.39. The van der Waals surface area contributed by atoms with Crippen molar-refractivity contribution in [3.05, 3.63) is 11.8 Å². The molecule has 0 saturated carbocycles. The monoisotopic (exact) mass is 237 g/mol. The zero-order valence-corrected chi connectivity index (χ0v) is 12.5. The van der Waals surface area contributed by atoms with Crippen molar-refractivity contribution in [1.82, 2.24) is 4.90 Å². The van der Waals surface area contributed by atoms with Crippen molar-refractivity contribution < 1.29 is 0 Å². The van der Waals surface area contributed by atoms with Gasteiger partial charge in [-0.15, -0.1) is 0 Å². The lowest BCUT2D eigenvalue weighted by atomic mass is 10.2. The summed E-state index contributed by atoms with van der Waals surface area (Å²) in [5.41, 5.74) is 2.45. The normalized spacial score (nSPS) is 13.8. The fourth-order valence-corrected chi connectivity index (χ4v) is 2.26. The van der Waals surface area contributed by atoms with Gasteiger partial charge in [0.25, 0.3) is 0 Å². The SMILES string of the molecule is CC/C(=C/C(C)=NC(C)C)N(C[Si])C(C)C. The van der Waals surface area contributed by atoms with Crippen LogP contribution in [0.25, 0.3) is 0 Å². The minimum absolute atomic E-state index is 0.366. The van der Waals surface area contributed by atoms with Crippen LogP contribution in [0.5, 0.6) is 0 Å². The predicted molar refractivity (Wildman–Crippen MR) is 74.2 cm³/mol. The number of hydrogen-bond donors (Lipinski definition) is 0. The van der Waals surface area contributed by atoms with Crippen LogP contribution >= 0.6 is 0 Å². The molecule has 0 aromatic carbocycles. The topological polar surface area (TPSA) is 15.6 Å². The second-order valence-corrected chi connectivity index (χ2v) is 4.89. The molecule has 0 rings (SSSR count). The highest BCUT2D eigenvalue weighted by atomic mass is 28.1. The first-order valence-electron chi connectivity index (χ1n) is 6.08. The van der Waals surface area contributed by atoms with Crippen molar-refractivity contribution in [1.29, 1.82) is 0 Å². The van der Waals surface area contributed by atoms with Crippen molar-refractivity contribution in [2.45, 2.75) is 60.0 Å². The summed E-state index contributed by atoms with van der Waals surface area (Å²) in [6, 6.07) is 0.876. The third-order valence-corrected chi connectivity index (χ3v) is 2.70. The van der Waals surface area contributed by atoms with Crippen LogP contribution in [0.3, 0.4) is 0 Å². The van der Waals surface area contributed by atoms with Gasteiger partial charge in [-0.1, -0.05) is 6.92 Å². The third kappa shape index (κ3) is 5.49. The summed E-state index contributed by atoms with van der Waals surface area (Å²) in [5, 5.41) is 0. The molecule has 0 unspecified atom stereocenters. The van der Waals surface area contributed by atoms with E-state index in [1.807, 2.05) is 0 Å². The van der Waals surface area contributed by atoms with Crippen LogP contribution in [0, 0.1) is 0 Å². The van der Waals surface area contributed by atoms with E-state index in [-0.39, 0.29) is 0 Å². The molecule has 0 aliphatic heterocycles. The Morgan fingerprint density at radius 3 is 2.19 bits per heavy atom. The Balaban J connectivity index is 4.89. The van der Waals surface area contributed by atoms with Crippen LogP contribution in [-0.4, -0.2) is 39.1 Å². The quantitative estimate of drug-likeness (QED) is 0.512. The second-order valence-electron chi connectivity index (χ2n) is 4.58. The van der Waals surface area contributed by atoms with Crippen LogP contribution < -0.4 is 0 Å². The number of rotatable bonds is 6. The summed E-state index contributed by atoms with van der Waals surface area (Å²) in [5.74, 6) is 0. The van der Waals surface area contributed by atoms with E-state index < -0.39 is 0 Å². The third-order valence-electron chi connectivity index (χ3n) is 2.36. The molecule has 16 heavy (non-hydrogen) atoms. The highest BCUT2D eigenvalue weighted by Gasteiger charge is 2.09. The average molecular weight is 237 g/mol. The van der Waals surface area contributed by atoms with Gasteiger partial charge in [-0.05, 0) is 47.1 Å². The first-order valence-corrected chi connectivity index (χ1v) is 6.79. The molecule has 0 fully saturated rings. The van der Waals surface area contributed by atoms with Gasteiger partial charge < -0.3 is 4.90 Å². The van der Waals surface area contributed by atoms with Crippen molar-refractivity contribution in [2.75, 3.05) is 6.17 Å². The highest BCUT2D eigenvalue weighted by molar-refractivity contribution is 6.08. The maximum absolute atomic E-state index is 4.54. The molecule has 91 valence electrons. The summed E-state index contributed by atoms with van der Waals surface area (Å²) >= 11 is 0. The molecule has 0 amide bonds. The van der Waals surface area contributed by atoms with Crippen LogP contribution in [0.2, 0.25) is 0 Å². The molecule has 3 radical (unpaired) electrons. The van der Waals surface area contributed by atoms with Crippen LogP contribution in [0.4, 0.5) is 0 Å². The van der Waals surface area contributed by atoms with Gasteiger partial charge in [0.05, 0.1) is 10.2 Å².